The Morgan fingerprint density at radius 1 is 1.44 bits per heavy atom. The summed E-state index contributed by atoms with van der Waals surface area (Å²) in [4.78, 5) is 13.2. The molecule has 7 heteroatoms. The van der Waals surface area contributed by atoms with Crippen molar-refractivity contribution >= 4 is 17.6 Å². The molecule has 1 fully saturated rings. The molecule has 0 radical (unpaired) electrons. The third-order valence-electron chi connectivity index (χ3n) is 2.78. The molecule has 0 bridgehead atoms. The summed E-state index contributed by atoms with van der Waals surface area (Å²) in [5.74, 6) is 7.47. The van der Waals surface area contributed by atoms with Gasteiger partial charge in [-0.1, -0.05) is 0 Å². The minimum absolute atomic E-state index is 0.499. The summed E-state index contributed by atoms with van der Waals surface area (Å²) in [7, 11) is 1.96. The summed E-state index contributed by atoms with van der Waals surface area (Å²) >= 11 is 1.51. The molecule has 0 aliphatic heterocycles. The summed E-state index contributed by atoms with van der Waals surface area (Å²) in [5.41, 5.74) is 2.59. The SMILES string of the molecule is Cn1ccnc1Sc1cc(NN)nc(C2CC2)n1. The highest BCUT2D eigenvalue weighted by molar-refractivity contribution is 7.99. The molecule has 1 aliphatic carbocycles. The molecule has 0 aromatic carbocycles. The minimum atomic E-state index is 0.499. The molecule has 0 spiro atoms. The second kappa shape index (κ2) is 4.58. The van der Waals surface area contributed by atoms with Gasteiger partial charge in [0.05, 0.1) is 0 Å². The van der Waals surface area contributed by atoms with Crippen molar-refractivity contribution in [3.05, 3.63) is 24.3 Å². The van der Waals surface area contributed by atoms with Crippen LogP contribution in [0.5, 0.6) is 0 Å². The van der Waals surface area contributed by atoms with E-state index in [1.54, 1.807) is 6.20 Å². The lowest BCUT2D eigenvalue weighted by Crippen LogP contribution is -2.10. The highest BCUT2D eigenvalue weighted by atomic mass is 32.2. The van der Waals surface area contributed by atoms with Gasteiger partial charge in [0.15, 0.2) is 5.16 Å². The number of rotatable bonds is 4. The molecule has 0 atom stereocenters. The van der Waals surface area contributed by atoms with Crippen LogP contribution in [0.15, 0.2) is 28.6 Å². The molecule has 1 saturated carbocycles. The molecule has 94 valence electrons. The lowest BCUT2D eigenvalue weighted by Gasteiger charge is -2.06. The number of aryl methyl sites for hydroxylation is 1. The summed E-state index contributed by atoms with van der Waals surface area (Å²) in [5, 5.41) is 1.77. The normalized spacial score (nSPS) is 14.8. The van der Waals surface area contributed by atoms with Crippen LogP contribution < -0.4 is 11.3 Å². The maximum absolute atomic E-state index is 5.44. The van der Waals surface area contributed by atoms with Crippen molar-refractivity contribution in [2.45, 2.75) is 28.9 Å². The fourth-order valence-corrected chi connectivity index (χ4v) is 2.45. The number of imidazole rings is 1. The van der Waals surface area contributed by atoms with Crippen LogP contribution in [0.3, 0.4) is 0 Å². The van der Waals surface area contributed by atoms with E-state index in [4.69, 9.17) is 5.84 Å². The molecular formula is C11H14N6S. The zero-order valence-corrected chi connectivity index (χ0v) is 10.8. The summed E-state index contributed by atoms with van der Waals surface area (Å²) < 4.78 is 1.96. The van der Waals surface area contributed by atoms with E-state index >= 15 is 0 Å². The Morgan fingerprint density at radius 3 is 2.89 bits per heavy atom. The van der Waals surface area contributed by atoms with E-state index in [1.807, 2.05) is 23.9 Å². The van der Waals surface area contributed by atoms with Gasteiger partial charge in [-0.3, -0.25) is 0 Å². The van der Waals surface area contributed by atoms with Crippen molar-refractivity contribution < 1.29 is 0 Å². The van der Waals surface area contributed by atoms with Crippen LogP contribution in [-0.2, 0) is 7.05 Å². The van der Waals surface area contributed by atoms with Crippen LogP contribution >= 0.6 is 11.8 Å². The monoisotopic (exact) mass is 262 g/mol. The summed E-state index contributed by atoms with van der Waals surface area (Å²) in [6, 6.07) is 1.84. The minimum Gasteiger partial charge on any atom is -0.329 e. The maximum Gasteiger partial charge on any atom is 0.174 e. The molecule has 3 N–H and O–H groups in total. The molecular weight excluding hydrogens is 248 g/mol. The fraction of sp³-hybridized carbons (Fsp3) is 0.364. The molecule has 0 unspecified atom stereocenters. The van der Waals surface area contributed by atoms with Gasteiger partial charge in [-0.25, -0.2) is 20.8 Å². The Kier molecular flexibility index (Phi) is 2.92. The number of hydrogen-bond donors (Lipinski definition) is 2. The maximum atomic E-state index is 5.44. The zero-order valence-electron chi connectivity index (χ0n) is 10.00. The van der Waals surface area contributed by atoms with E-state index in [9.17, 15) is 0 Å². The number of aromatic nitrogens is 4. The lowest BCUT2D eigenvalue weighted by molar-refractivity contribution is 0.786. The van der Waals surface area contributed by atoms with Crippen LogP contribution in [0.1, 0.15) is 24.6 Å². The molecule has 6 nitrogen and oxygen atoms in total. The molecule has 18 heavy (non-hydrogen) atoms. The molecule has 1 aliphatic rings. The van der Waals surface area contributed by atoms with Crippen LogP contribution in [-0.4, -0.2) is 19.5 Å². The molecule has 3 rings (SSSR count). The highest BCUT2D eigenvalue weighted by Crippen LogP contribution is 2.39. The average molecular weight is 262 g/mol. The third-order valence-corrected chi connectivity index (χ3v) is 3.78. The van der Waals surface area contributed by atoms with Gasteiger partial charge in [0.1, 0.15) is 16.7 Å². The Balaban J connectivity index is 1.90. The summed E-state index contributed by atoms with van der Waals surface area (Å²) in [6.07, 6.45) is 6.02. The van der Waals surface area contributed by atoms with Gasteiger partial charge in [-0.05, 0) is 24.6 Å². The topological polar surface area (TPSA) is 81.7 Å². The Hall–Kier alpha value is -1.60. The quantitative estimate of drug-likeness (QED) is 0.494. The first-order chi connectivity index (χ1) is 8.76. The van der Waals surface area contributed by atoms with E-state index < -0.39 is 0 Å². The van der Waals surface area contributed by atoms with Gasteiger partial charge < -0.3 is 9.99 Å². The molecule has 0 amide bonds. The van der Waals surface area contributed by atoms with Gasteiger partial charge in [0.2, 0.25) is 0 Å². The average Bonchev–Trinajstić information content (AvgIpc) is 3.15. The van der Waals surface area contributed by atoms with Crippen LogP contribution in [0.4, 0.5) is 5.82 Å². The second-order valence-corrected chi connectivity index (χ2v) is 5.28. The Morgan fingerprint density at radius 2 is 2.28 bits per heavy atom. The second-order valence-electron chi connectivity index (χ2n) is 4.29. The van der Waals surface area contributed by atoms with Crippen molar-refractivity contribution in [3.8, 4) is 0 Å². The number of hydrogen-bond acceptors (Lipinski definition) is 6. The fourth-order valence-electron chi connectivity index (χ4n) is 1.64. The van der Waals surface area contributed by atoms with Crippen molar-refractivity contribution in [3.63, 3.8) is 0 Å². The van der Waals surface area contributed by atoms with Crippen LogP contribution in [0.2, 0.25) is 0 Å². The largest absolute Gasteiger partial charge is 0.329 e. The van der Waals surface area contributed by atoms with E-state index in [0.717, 1.165) is 16.0 Å². The van der Waals surface area contributed by atoms with Crippen LogP contribution in [0, 0.1) is 0 Å². The van der Waals surface area contributed by atoms with E-state index in [0.29, 0.717) is 11.7 Å². The first-order valence-electron chi connectivity index (χ1n) is 5.77. The zero-order chi connectivity index (χ0) is 12.5. The van der Waals surface area contributed by atoms with Gasteiger partial charge in [-0.2, -0.15) is 0 Å². The predicted octanol–water partition coefficient (Wildman–Crippen LogP) is 1.52. The number of nitrogens with one attached hydrogen (secondary N) is 1. The van der Waals surface area contributed by atoms with Gasteiger partial charge in [0.25, 0.3) is 0 Å². The standard InChI is InChI=1S/C11H14N6S/c1-17-5-4-13-11(17)18-9-6-8(16-12)14-10(15-9)7-2-3-7/h4-7H,2-3,12H2,1H3,(H,14,15,16). The predicted molar refractivity (Wildman–Crippen MR) is 69.1 cm³/mol. The third kappa shape index (κ3) is 2.32. The summed E-state index contributed by atoms with van der Waals surface area (Å²) in [6.45, 7) is 0. The van der Waals surface area contributed by atoms with Crippen molar-refractivity contribution in [2.75, 3.05) is 5.43 Å². The number of hydrazine groups is 1. The Bertz CT molecular complexity index is 562. The van der Waals surface area contributed by atoms with Crippen LogP contribution in [0.25, 0.3) is 0 Å². The molecule has 2 aromatic heterocycles. The van der Waals surface area contributed by atoms with E-state index in [1.165, 1.54) is 24.6 Å². The van der Waals surface area contributed by atoms with Crippen molar-refractivity contribution in [1.29, 1.82) is 0 Å². The van der Waals surface area contributed by atoms with Gasteiger partial charge >= 0.3 is 0 Å². The van der Waals surface area contributed by atoms with Crippen molar-refractivity contribution in [2.24, 2.45) is 12.9 Å². The number of nitrogens with zero attached hydrogens (tertiary/aromatic N) is 4. The highest BCUT2D eigenvalue weighted by Gasteiger charge is 2.27. The molecule has 0 saturated heterocycles. The van der Waals surface area contributed by atoms with Crippen molar-refractivity contribution in [1.82, 2.24) is 19.5 Å². The van der Waals surface area contributed by atoms with Gasteiger partial charge in [0, 0.05) is 31.4 Å². The molecule has 2 aromatic rings. The lowest BCUT2D eigenvalue weighted by atomic mass is 10.4. The first-order valence-corrected chi connectivity index (χ1v) is 6.58. The Labute approximate surface area is 109 Å². The van der Waals surface area contributed by atoms with E-state index in [-0.39, 0.29) is 0 Å². The smallest absolute Gasteiger partial charge is 0.174 e. The first kappa shape index (κ1) is 11.5. The number of anilines is 1. The molecule has 2 heterocycles. The number of nitrogens with two attached hydrogens (primary N) is 1. The van der Waals surface area contributed by atoms with Gasteiger partial charge in [-0.15, -0.1) is 0 Å². The number of nitrogen functional groups attached to an aromatic ring is 1. The van der Waals surface area contributed by atoms with E-state index in [2.05, 4.69) is 20.4 Å².